The molecule has 0 bridgehead atoms. The van der Waals surface area contributed by atoms with Crippen molar-refractivity contribution < 1.29 is 8.78 Å². The average molecular weight is 369 g/mol. The molecule has 3 heterocycles. The lowest BCUT2D eigenvalue weighted by molar-refractivity contribution is 0.243. The molecule has 3 aromatic rings. The number of nitrogens with zero attached hydrogens (tertiary/aromatic N) is 6. The number of halogens is 2. The van der Waals surface area contributed by atoms with Crippen LogP contribution in [0.1, 0.15) is 12.2 Å². The van der Waals surface area contributed by atoms with E-state index in [9.17, 15) is 8.78 Å². The monoisotopic (exact) mass is 369 g/mol. The van der Waals surface area contributed by atoms with Gasteiger partial charge in [-0.05, 0) is 24.6 Å². The Morgan fingerprint density at radius 1 is 1.30 bits per heavy atom. The number of hydrogen-bond acceptors (Lipinski definition) is 5. The molecule has 1 aliphatic heterocycles. The normalized spacial score (nSPS) is 20.0. The summed E-state index contributed by atoms with van der Waals surface area (Å²) in [5, 5.41) is 0. The zero-order valence-electron chi connectivity index (χ0n) is 14.4. The Balaban J connectivity index is 1.76. The van der Waals surface area contributed by atoms with Crippen LogP contribution in [0.15, 0.2) is 30.6 Å². The van der Waals surface area contributed by atoms with E-state index < -0.39 is 12.2 Å². The van der Waals surface area contributed by atoms with Gasteiger partial charge < -0.3 is 15.2 Å². The highest BCUT2D eigenvalue weighted by Crippen LogP contribution is 2.27. The molecular weight excluding hydrogens is 352 g/mol. The van der Waals surface area contributed by atoms with Crippen LogP contribution in [0.4, 0.5) is 20.4 Å². The van der Waals surface area contributed by atoms with Gasteiger partial charge in [0, 0.05) is 25.5 Å². The number of imidazole rings is 1. The Morgan fingerprint density at radius 2 is 2.07 bits per heavy atom. The summed E-state index contributed by atoms with van der Waals surface area (Å²) < 4.78 is 29.4. The quantitative estimate of drug-likeness (QED) is 0.718. The highest BCUT2D eigenvalue weighted by atomic mass is 19.1. The number of aromatic nitrogens is 4. The summed E-state index contributed by atoms with van der Waals surface area (Å²) in [5.74, 6) is 0.673. The predicted molar refractivity (Wildman–Crippen MR) is 96.8 cm³/mol. The van der Waals surface area contributed by atoms with E-state index in [1.54, 1.807) is 10.6 Å². The average Bonchev–Trinajstić information content (AvgIpc) is 3.02. The number of hydrogen-bond donors (Lipinski definition) is 1. The molecule has 7 nitrogen and oxygen atoms in total. The lowest BCUT2D eigenvalue weighted by Crippen LogP contribution is -2.50. The largest absolute Gasteiger partial charge is 0.340 e. The highest BCUT2D eigenvalue weighted by Gasteiger charge is 2.29. The molecule has 0 amide bonds. The molecule has 138 valence electrons. The minimum atomic E-state index is -1.04. The van der Waals surface area contributed by atoms with E-state index in [1.165, 1.54) is 24.5 Å². The zero-order valence-corrected chi connectivity index (χ0v) is 14.4. The number of anilines is 1. The minimum Gasteiger partial charge on any atom is -0.340 e. The molecule has 1 aliphatic rings. The highest BCUT2D eigenvalue weighted by molar-refractivity contribution is 5.79. The summed E-state index contributed by atoms with van der Waals surface area (Å²) in [6.45, 7) is 8.03. The Labute approximate surface area is 154 Å². The number of fused-ring (bicyclic) bond motifs is 1. The maximum Gasteiger partial charge on any atom is 0.222 e. The molecule has 2 aromatic heterocycles. The van der Waals surface area contributed by atoms with Crippen LogP contribution in [-0.2, 0) is 6.54 Å². The minimum absolute atomic E-state index is 0.248. The van der Waals surface area contributed by atoms with Crippen molar-refractivity contribution in [3.8, 4) is 0 Å². The second-order valence-electron chi connectivity index (χ2n) is 6.51. The molecule has 0 spiro atoms. The van der Waals surface area contributed by atoms with Crippen molar-refractivity contribution in [2.75, 3.05) is 18.0 Å². The van der Waals surface area contributed by atoms with Crippen LogP contribution >= 0.6 is 0 Å². The molecule has 1 fully saturated rings. The van der Waals surface area contributed by atoms with Crippen LogP contribution < -0.4 is 10.6 Å². The van der Waals surface area contributed by atoms with Crippen LogP contribution in [0.25, 0.3) is 15.9 Å². The molecule has 0 saturated carbocycles. The first-order valence-corrected chi connectivity index (χ1v) is 8.54. The molecule has 1 saturated heterocycles. The number of piperidine rings is 1. The zero-order chi connectivity index (χ0) is 19.0. The van der Waals surface area contributed by atoms with E-state index in [0.29, 0.717) is 48.0 Å². The van der Waals surface area contributed by atoms with Gasteiger partial charge >= 0.3 is 0 Å². The number of rotatable bonds is 3. The lowest BCUT2D eigenvalue weighted by Gasteiger charge is -2.34. The first-order valence-electron chi connectivity index (χ1n) is 8.54. The Kier molecular flexibility index (Phi) is 4.41. The summed E-state index contributed by atoms with van der Waals surface area (Å²) in [4.78, 5) is 18.2. The molecule has 9 heteroatoms. The fraction of sp³-hybridized carbons (Fsp3) is 0.333. The van der Waals surface area contributed by atoms with E-state index >= 15 is 0 Å². The summed E-state index contributed by atoms with van der Waals surface area (Å²) >= 11 is 0. The molecule has 2 atom stereocenters. The van der Waals surface area contributed by atoms with Gasteiger partial charge in [-0.3, -0.25) is 9.97 Å². The van der Waals surface area contributed by atoms with E-state index in [4.69, 9.17) is 12.3 Å². The van der Waals surface area contributed by atoms with Crippen LogP contribution in [0.3, 0.4) is 0 Å². The Hall–Kier alpha value is -3.12. The predicted octanol–water partition coefficient (Wildman–Crippen LogP) is 2.44. The van der Waals surface area contributed by atoms with Crippen LogP contribution in [0.2, 0.25) is 0 Å². The second-order valence-corrected chi connectivity index (χ2v) is 6.51. The Bertz CT molecular complexity index is 1010. The Morgan fingerprint density at radius 3 is 2.78 bits per heavy atom. The topological polar surface area (TPSA) is 77.2 Å². The smallest absolute Gasteiger partial charge is 0.222 e. The lowest BCUT2D eigenvalue weighted by atomic mass is 10.1. The number of alkyl halides is 1. The molecule has 4 rings (SSSR count). The van der Waals surface area contributed by atoms with Gasteiger partial charge in [-0.15, -0.1) is 0 Å². The summed E-state index contributed by atoms with van der Waals surface area (Å²) in [5.41, 5.74) is 7.46. The van der Waals surface area contributed by atoms with Gasteiger partial charge in [0.05, 0.1) is 30.2 Å². The maximum atomic E-state index is 13.8. The van der Waals surface area contributed by atoms with Gasteiger partial charge in [-0.25, -0.2) is 18.6 Å². The first-order chi connectivity index (χ1) is 13.0. The SMILES string of the molecule is [C-]#[N+]c1cnc(Cn2c(N3CC[C@@H](F)[C@H](N)C3)nc3ccc(F)cc32)nc1. The van der Waals surface area contributed by atoms with E-state index in [2.05, 4.69) is 19.8 Å². The van der Waals surface area contributed by atoms with Crippen molar-refractivity contribution in [3.63, 3.8) is 0 Å². The molecule has 2 N–H and O–H groups in total. The van der Waals surface area contributed by atoms with E-state index in [0.717, 1.165) is 0 Å². The molecule has 0 radical (unpaired) electrons. The third-order valence-electron chi connectivity index (χ3n) is 4.66. The van der Waals surface area contributed by atoms with Crippen molar-refractivity contribution in [1.29, 1.82) is 0 Å². The fourth-order valence-electron chi connectivity index (χ4n) is 3.24. The first kappa shape index (κ1) is 17.3. The molecule has 27 heavy (non-hydrogen) atoms. The summed E-state index contributed by atoms with van der Waals surface area (Å²) in [6, 6.07) is 3.76. The number of nitrogens with two attached hydrogens (primary N) is 1. The standard InChI is InChI=1S/C18H17F2N7/c1-22-12-7-23-17(24-8-12)10-27-16-6-11(19)2-3-15(16)25-18(27)26-5-4-13(20)14(21)9-26/h2-3,6-8,13-14H,4-5,9-10,21H2/t13-,14-/m1/s1. The third-order valence-corrected chi connectivity index (χ3v) is 4.66. The van der Waals surface area contributed by atoms with E-state index in [-0.39, 0.29) is 12.4 Å². The van der Waals surface area contributed by atoms with Crippen molar-refractivity contribution >= 4 is 22.7 Å². The van der Waals surface area contributed by atoms with Crippen LogP contribution in [0.5, 0.6) is 0 Å². The van der Waals surface area contributed by atoms with E-state index in [1.807, 2.05) is 4.90 Å². The fourth-order valence-corrected chi connectivity index (χ4v) is 3.24. The molecule has 0 aliphatic carbocycles. The van der Waals surface area contributed by atoms with Gasteiger partial charge in [0.2, 0.25) is 11.6 Å². The molecular formula is C18H17F2N7. The molecule has 0 unspecified atom stereocenters. The third kappa shape index (κ3) is 3.31. The molecule has 1 aromatic carbocycles. The maximum absolute atomic E-state index is 13.8. The van der Waals surface area contributed by atoms with Gasteiger partial charge in [0.25, 0.3) is 0 Å². The summed E-state index contributed by atoms with van der Waals surface area (Å²) in [7, 11) is 0. The number of benzene rings is 1. The van der Waals surface area contributed by atoms with Gasteiger partial charge in [0.15, 0.2) is 0 Å². The van der Waals surface area contributed by atoms with Gasteiger partial charge in [-0.2, -0.15) is 0 Å². The van der Waals surface area contributed by atoms with Gasteiger partial charge in [-0.1, -0.05) is 0 Å². The summed E-state index contributed by atoms with van der Waals surface area (Å²) in [6.07, 6.45) is 2.16. The second kappa shape index (κ2) is 6.89. The van der Waals surface area contributed by atoms with Crippen molar-refractivity contribution in [1.82, 2.24) is 19.5 Å². The van der Waals surface area contributed by atoms with Crippen LogP contribution in [-0.4, -0.2) is 44.8 Å². The van der Waals surface area contributed by atoms with Crippen molar-refractivity contribution in [2.24, 2.45) is 5.73 Å². The van der Waals surface area contributed by atoms with Crippen LogP contribution in [0, 0.1) is 12.4 Å². The van der Waals surface area contributed by atoms with Gasteiger partial charge in [0.1, 0.15) is 17.8 Å². The van der Waals surface area contributed by atoms with Crippen molar-refractivity contribution in [2.45, 2.75) is 25.2 Å². The van der Waals surface area contributed by atoms with Crippen molar-refractivity contribution in [3.05, 3.63) is 53.7 Å².